The Kier molecular flexibility index (Phi) is 5.27. The Bertz CT molecular complexity index is 1340. The molecule has 1 saturated heterocycles. The van der Waals surface area contributed by atoms with Crippen LogP contribution >= 0.6 is 12.2 Å². The van der Waals surface area contributed by atoms with E-state index >= 15 is 0 Å². The monoisotopic (exact) mass is 457 g/mol. The van der Waals surface area contributed by atoms with Crippen molar-refractivity contribution in [2.45, 2.75) is 12.1 Å². The molecule has 7 nitrogen and oxygen atoms in total. The lowest BCUT2D eigenvalue weighted by Gasteiger charge is -2.26. The number of para-hydroxylation sites is 2. The first-order valence-electron chi connectivity index (χ1n) is 10.3. The molecule has 2 aromatic heterocycles. The van der Waals surface area contributed by atoms with Crippen molar-refractivity contribution < 1.29 is 19.4 Å². The average molecular weight is 458 g/mol. The van der Waals surface area contributed by atoms with Crippen molar-refractivity contribution in [1.82, 2.24) is 10.3 Å². The van der Waals surface area contributed by atoms with Gasteiger partial charge in [0.15, 0.2) is 5.11 Å². The van der Waals surface area contributed by atoms with Crippen LogP contribution in [0.5, 0.6) is 5.75 Å². The van der Waals surface area contributed by atoms with E-state index in [1.54, 1.807) is 59.6 Å². The third-order valence-corrected chi connectivity index (χ3v) is 5.90. The zero-order valence-corrected chi connectivity index (χ0v) is 18.1. The Morgan fingerprint density at radius 1 is 1.00 bits per heavy atom. The summed E-state index contributed by atoms with van der Waals surface area (Å²) < 4.78 is 6.22. The van der Waals surface area contributed by atoms with Crippen LogP contribution in [0.1, 0.15) is 33.9 Å². The fraction of sp³-hybridized carbons (Fsp3) is 0.0800. The van der Waals surface area contributed by atoms with Gasteiger partial charge in [-0.05, 0) is 54.7 Å². The van der Waals surface area contributed by atoms with Crippen molar-refractivity contribution in [3.63, 3.8) is 0 Å². The second-order valence-corrected chi connectivity index (χ2v) is 7.92. The van der Waals surface area contributed by atoms with Gasteiger partial charge in [0.1, 0.15) is 23.3 Å². The number of aromatic hydroxyl groups is 1. The van der Waals surface area contributed by atoms with E-state index in [9.17, 15) is 15.0 Å². The standard InChI is InChI=1S/C25H19N3O4S/c29-19-11-4-3-10-18(19)28-23(22(27-25(28)33)17-9-5-6-14-26-17)21-13-12-20(32-21)15-7-1-2-8-16(15)24(30)31/h1-14,22-23,29H,(H,27,33)(H,30,31)/t22-,23-/m0/s1. The number of phenolic OH excluding ortho intramolecular Hbond substituents is 1. The van der Waals surface area contributed by atoms with Crippen molar-refractivity contribution in [2.75, 3.05) is 4.90 Å². The summed E-state index contributed by atoms with van der Waals surface area (Å²) in [6, 6.07) is 22.0. The number of thiocarbonyl (C=S) groups is 1. The molecule has 0 aliphatic carbocycles. The van der Waals surface area contributed by atoms with Gasteiger partial charge in [-0.15, -0.1) is 0 Å². The minimum Gasteiger partial charge on any atom is -0.506 e. The lowest BCUT2D eigenvalue weighted by atomic mass is 10.0. The maximum Gasteiger partial charge on any atom is 0.336 e. The van der Waals surface area contributed by atoms with E-state index in [4.69, 9.17) is 16.6 Å². The molecule has 5 rings (SSSR count). The second-order valence-electron chi connectivity index (χ2n) is 7.54. The number of nitrogens with zero attached hydrogens (tertiary/aromatic N) is 2. The predicted octanol–water partition coefficient (Wildman–Crippen LogP) is 4.92. The summed E-state index contributed by atoms with van der Waals surface area (Å²) in [5.74, 6) is 0.0278. The molecule has 0 unspecified atom stereocenters. The van der Waals surface area contributed by atoms with E-state index < -0.39 is 12.0 Å². The molecule has 0 radical (unpaired) electrons. The fourth-order valence-corrected chi connectivity index (χ4v) is 4.45. The Balaban J connectivity index is 1.63. The minimum absolute atomic E-state index is 0.0799. The highest BCUT2D eigenvalue weighted by molar-refractivity contribution is 7.80. The van der Waals surface area contributed by atoms with Crippen LogP contribution in [0.3, 0.4) is 0 Å². The minimum atomic E-state index is -1.03. The zero-order valence-electron chi connectivity index (χ0n) is 17.3. The molecule has 0 saturated carbocycles. The van der Waals surface area contributed by atoms with Crippen LogP contribution in [-0.4, -0.2) is 26.3 Å². The van der Waals surface area contributed by atoms with Gasteiger partial charge in [0, 0.05) is 11.8 Å². The van der Waals surface area contributed by atoms with E-state index in [2.05, 4.69) is 10.3 Å². The number of carboxylic acid groups (broad SMARTS) is 1. The number of anilines is 1. The third-order valence-electron chi connectivity index (χ3n) is 5.58. The van der Waals surface area contributed by atoms with E-state index in [0.29, 0.717) is 27.9 Å². The fourth-order valence-electron chi connectivity index (χ4n) is 4.11. The summed E-state index contributed by atoms with van der Waals surface area (Å²) in [7, 11) is 0. The lowest BCUT2D eigenvalue weighted by Crippen LogP contribution is -2.29. The molecule has 3 N–H and O–H groups in total. The van der Waals surface area contributed by atoms with Crippen molar-refractivity contribution >= 4 is 29.0 Å². The van der Waals surface area contributed by atoms with Gasteiger partial charge in [0.05, 0.1) is 23.0 Å². The van der Waals surface area contributed by atoms with Gasteiger partial charge in [-0.2, -0.15) is 0 Å². The maximum absolute atomic E-state index is 11.7. The molecule has 3 heterocycles. The Morgan fingerprint density at radius 3 is 2.52 bits per heavy atom. The molecule has 33 heavy (non-hydrogen) atoms. The van der Waals surface area contributed by atoms with Crippen molar-refractivity contribution in [2.24, 2.45) is 0 Å². The third kappa shape index (κ3) is 3.70. The number of furan rings is 1. The van der Waals surface area contributed by atoms with Gasteiger partial charge >= 0.3 is 5.97 Å². The largest absolute Gasteiger partial charge is 0.506 e. The van der Waals surface area contributed by atoms with Gasteiger partial charge < -0.3 is 24.8 Å². The lowest BCUT2D eigenvalue weighted by molar-refractivity contribution is 0.0697. The maximum atomic E-state index is 11.7. The van der Waals surface area contributed by atoms with Crippen LogP contribution in [-0.2, 0) is 0 Å². The first-order valence-corrected chi connectivity index (χ1v) is 10.7. The molecule has 2 aromatic carbocycles. The number of hydrogen-bond acceptors (Lipinski definition) is 5. The van der Waals surface area contributed by atoms with E-state index in [1.807, 2.05) is 24.3 Å². The molecule has 4 aromatic rings. The smallest absolute Gasteiger partial charge is 0.336 e. The molecule has 8 heteroatoms. The van der Waals surface area contributed by atoms with Gasteiger partial charge in [0.2, 0.25) is 0 Å². The Hall–Kier alpha value is -4.17. The van der Waals surface area contributed by atoms with Gasteiger partial charge in [0.25, 0.3) is 0 Å². The number of hydrogen-bond donors (Lipinski definition) is 3. The van der Waals surface area contributed by atoms with Crippen LogP contribution < -0.4 is 10.2 Å². The summed E-state index contributed by atoms with van der Waals surface area (Å²) in [5, 5.41) is 23.8. The molecule has 164 valence electrons. The highest BCUT2D eigenvalue weighted by Gasteiger charge is 2.43. The number of pyridine rings is 1. The van der Waals surface area contributed by atoms with Crippen molar-refractivity contribution in [1.29, 1.82) is 0 Å². The van der Waals surface area contributed by atoms with Crippen LogP contribution in [0.2, 0.25) is 0 Å². The number of benzene rings is 2. The molecule has 1 aliphatic rings. The molecule has 0 bridgehead atoms. The molecule has 1 fully saturated rings. The Labute approximate surface area is 194 Å². The van der Waals surface area contributed by atoms with Crippen LogP contribution in [0, 0.1) is 0 Å². The predicted molar refractivity (Wildman–Crippen MR) is 127 cm³/mol. The average Bonchev–Trinajstić information content (AvgIpc) is 3.44. The number of nitrogens with one attached hydrogen (secondary N) is 1. The zero-order chi connectivity index (χ0) is 22.9. The molecular weight excluding hydrogens is 438 g/mol. The molecule has 1 aliphatic heterocycles. The first-order chi connectivity index (χ1) is 16.0. The SMILES string of the molecule is O=C(O)c1ccccc1-c1ccc([C@H]2[C@H](c3ccccn3)NC(=S)N2c2ccccc2O)o1. The highest BCUT2D eigenvalue weighted by atomic mass is 32.1. The quantitative estimate of drug-likeness (QED) is 0.363. The molecule has 2 atom stereocenters. The molecule has 0 amide bonds. The van der Waals surface area contributed by atoms with Crippen molar-refractivity contribution in [3.8, 4) is 17.1 Å². The summed E-state index contributed by atoms with van der Waals surface area (Å²) in [4.78, 5) is 18.0. The number of aromatic carboxylic acids is 1. The molecular formula is C25H19N3O4S. The number of aromatic nitrogens is 1. The van der Waals surface area contributed by atoms with Crippen LogP contribution in [0.4, 0.5) is 5.69 Å². The summed E-state index contributed by atoms with van der Waals surface area (Å²) >= 11 is 5.65. The number of carboxylic acids is 1. The second kappa shape index (κ2) is 8.40. The van der Waals surface area contributed by atoms with Gasteiger partial charge in [-0.25, -0.2) is 4.79 Å². The number of carbonyl (C=O) groups is 1. The van der Waals surface area contributed by atoms with Crippen LogP contribution in [0.25, 0.3) is 11.3 Å². The number of phenols is 1. The van der Waals surface area contributed by atoms with Gasteiger partial charge in [-0.3, -0.25) is 4.98 Å². The number of rotatable bonds is 5. The van der Waals surface area contributed by atoms with E-state index in [0.717, 1.165) is 5.69 Å². The van der Waals surface area contributed by atoms with Crippen molar-refractivity contribution in [3.05, 3.63) is 102 Å². The van der Waals surface area contributed by atoms with Crippen LogP contribution in [0.15, 0.2) is 89.5 Å². The van der Waals surface area contributed by atoms with Gasteiger partial charge in [-0.1, -0.05) is 36.4 Å². The molecule has 0 spiro atoms. The normalized spacial score (nSPS) is 17.7. The first kappa shape index (κ1) is 20.7. The summed E-state index contributed by atoms with van der Waals surface area (Å²) in [5.41, 5.74) is 1.92. The Morgan fingerprint density at radius 2 is 1.76 bits per heavy atom. The summed E-state index contributed by atoms with van der Waals surface area (Å²) in [6.45, 7) is 0. The topological polar surface area (TPSA) is 98.8 Å². The van der Waals surface area contributed by atoms with E-state index in [-0.39, 0.29) is 17.4 Å². The van der Waals surface area contributed by atoms with E-state index in [1.165, 1.54) is 6.07 Å². The highest BCUT2D eigenvalue weighted by Crippen LogP contribution is 2.45. The summed E-state index contributed by atoms with van der Waals surface area (Å²) in [6.07, 6.45) is 1.70.